The van der Waals surface area contributed by atoms with E-state index in [0.717, 1.165) is 0 Å². The summed E-state index contributed by atoms with van der Waals surface area (Å²) in [6, 6.07) is 9.06. The average molecular weight is 248 g/mol. The van der Waals surface area contributed by atoms with Crippen molar-refractivity contribution in [3.63, 3.8) is 0 Å². The Bertz CT molecular complexity index is 459. The number of hydrogen-bond acceptors (Lipinski definition) is 3. The number of para-hydroxylation sites is 1. The van der Waals surface area contributed by atoms with Crippen molar-refractivity contribution >= 4 is 17.7 Å². The zero-order chi connectivity index (χ0) is 13.3. The second-order valence-electron chi connectivity index (χ2n) is 4.56. The maximum absolute atomic E-state index is 12.3. The van der Waals surface area contributed by atoms with Crippen LogP contribution in [-0.4, -0.2) is 30.2 Å². The lowest BCUT2D eigenvalue weighted by molar-refractivity contribution is -0.136. The number of cyclic esters (lactones) is 1. The molecule has 0 bridgehead atoms. The lowest BCUT2D eigenvalue weighted by atomic mass is 10.1. The molecule has 2 rings (SSSR count). The highest BCUT2D eigenvalue weighted by molar-refractivity contribution is 6.01. The van der Waals surface area contributed by atoms with Crippen LogP contribution in [0.2, 0.25) is 0 Å². The Kier molecular flexibility index (Phi) is 3.23. The van der Waals surface area contributed by atoms with E-state index in [1.165, 1.54) is 17.1 Å². The van der Waals surface area contributed by atoms with Crippen LogP contribution in [0.15, 0.2) is 30.3 Å². The van der Waals surface area contributed by atoms with Crippen LogP contribution in [0.25, 0.3) is 0 Å². The number of benzene rings is 1. The number of rotatable bonds is 2. The monoisotopic (exact) mass is 248 g/mol. The summed E-state index contributed by atoms with van der Waals surface area (Å²) in [6.07, 6.45) is -1.24. The predicted octanol–water partition coefficient (Wildman–Crippen LogP) is 2.04. The summed E-state index contributed by atoms with van der Waals surface area (Å²) >= 11 is 0. The molecule has 1 fully saturated rings. The summed E-state index contributed by atoms with van der Waals surface area (Å²) in [5.74, 6) is -0.278. The van der Waals surface area contributed by atoms with Gasteiger partial charge in [-0.15, -0.1) is 0 Å². The Labute approximate surface area is 106 Å². The van der Waals surface area contributed by atoms with Crippen molar-refractivity contribution in [3.05, 3.63) is 30.3 Å². The van der Waals surface area contributed by atoms with Crippen LogP contribution in [0.1, 0.15) is 13.8 Å². The minimum atomic E-state index is -0.728. The summed E-state index contributed by atoms with van der Waals surface area (Å²) in [4.78, 5) is 24.1. The molecule has 2 amide bonds. The van der Waals surface area contributed by atoms with E-state index >= 15 is 0 Å². The van der Waals surface area contributed by atoms with Gasteiger partial charge in [0.05, 0.1) is 5.69 Å². The van der Waals surface area contributed by atoms with Crippen LogP contribution in [0.3, 0.4) is 0 Å². The molecule has 0 N–H and O–H groups in total. The number of anilines is 1. The predicted molar refractivity (Wildman–Crippen MR) is 66.8 cm³/mol. The highest BCUT2D eigenvalue weighted by Crippen LogP contribution is 2.24. The van der Waals surface area contributed by atoms with Gasteiger partial charge in [0.2, 0.25) is 0 Å². The third-order valence-electron chi connectivity index (χ3n) is 2.85. The van der Waals surface area contributed by atoms with Crippen LogP contribution in [0.4, 0.5) is 10.5 Å². The molecule has 0 aliphatic carbocycles. The molecule has 5 nitrogen and oxygen atoms in total. The Balaban J connectivity index is 2.37. The number of amides is 2. The zero-order valence-corrected chi connectivity index (χ0v) is 10.7. The van der Waals surface area contributed by atoms with Gasteiger partial charge in [-0.2, -0.15) is 0 Å². The highest BCUT2D eigenvalue weighted by atomic mass is 16.6. The fourth-order valence-corrected chi connectivity index (χ4v) is 1.88. The van der Waals surface area contributed by atoms with Crippen molar-refractivity contribution < 1.29 is 14.3 Å². The van der Waals surface area contributed by atoms with Gasteiger partial charge in [-0.25, -0.2) is 14.8 Å². The molecule has 1 aliphatic heterocycles. The normalized spacial score (nSPS) is 20.3. The zero-order valence-electron chi connectivity index (χ0n) is 10.7. The molecule has 1 aliphatic rings. The van der Waals surface area contributed by atoms with E-state index in [1.807, 2.05) is 32.0 Å². The summed E-state index contributed by atoms with van der Waals surface area (Å²) in [6.45, 7) is 3.70. The van der Waals surface area contributed by atoms with Gasteiger partial charge >= 0.3 is 6.09 Å². The van der Waals surface area contributed by atoms with Gasteiger partial charge in [-0.3, -0.25) is 4.79 Å². The highest BCUT2D eigenvalue weighted by Gasteiger charge is 2.40. The molecular formula is C13H16N2O3. The van der Waals surface area contributed by atoms with Gasteiger partial charge in [0.25, 0.3) is 5.91 Å². The molecule has 1 aromatic rings. The van der Waals surface area contributed by atoms with Gasteiger partial charge in [0.15, 0.2) is 6.10 Å². The van der Waals surface area contributed by atoms with Crippen molar-refractivity contribution in [1.29, 1.82) is 0 Å². The van der Waals surface area contributed by atoms with E-state index in [-0.39, 0.29) is 11.8 Å². The quantitative estimate of drug-likeness (QED) is 0.804. The summed E-state index contributed by atoms with van der Waals surface area (Å²) in [7, 11) is 1.52. The first-order valence-corrected chi connectivity index (χ1v) is 5.85. The van der Waals surface area contributed by atoms with Crippen molar-refractivity contribution in [3.8, 4) is 0 Å². The molecule has 96 valence electrons. The lowest BCUT2D eigenvalue weighted by Gasteiger charge is -2.39. The molecule has 0 radical (unpaired) electrons. The van der Waals surface area contributed by atoms with E-state index in [9.17, 15) is 9.59 Å². The molecule has 1 saturated heterocycles. The Hall–Kier alpha value is -2.04. The Morgan fingerprint density at radius 2 is 1.78 bits per heavy atom. The molecule has 0 spiro atoms. The smallest absolute Gasteiger partial charge is 0.429 e. The first-order valence-electron chi connectivity index (χ1n) is 5.85. The molecule has 1 atom stereocenters. The van der Waals surface area contributed by atoms with Crippen molar-refractivity contribution in [2.45, 2.75) is 20.0 Å². The van der Waals surface area contributed by atoms with Gasteiger partial charge < -0.3 is 4.74 Å². The maximum atomic E-state index is 12.3. The topological polar surface area (TPSA) is 49.9 Å². The van der Waals surface area contributed by atoms with E-state index in [2.05, 4.69) is 0 Å². The van der Waals surface area contributed by atoms with Crippen molar-refractivity contribution in [2.75, 3.05) is 12.1 Å². The third kappa shape index (κ3) is 2.03. The second-order valence-corrected chi connectivity index (χ2v) is 4.56. The summed E-state index contributed by atoms with van der Waals surface area (Å²) < 4.78 is 5.12. The molecule has 1 aromatic carbocycles. The number of carbonyl (C=O) groups excluding carboxylic acids is 2. The first kappa shape index (κ1) is 12.4. The summed E-state index contributed by atoms with van der Waals surface area (Å²) in [5.41, 5.74) is 0.660. The minimum Gasteiger partial charge on any atom is -0.434 e. The van der Waals surface area contributed by atoms with Crippen LogP contribution < -0.4 is 5.01 Å². The van der Waals surface area contributed by atoms with Crippen LogP contribution in [-0.2, 0) is 9.53 Å². The van der Waals surface area contributed by atoms with Gasteiger partial charge in [0.1, 0.15) is 0 Å². The maximum Gasteiger partial charge on any atom is 0.429 e. The molecule has 18 heavy (non-hydrogen) atoms. The number of nitrogens with zero attached hydrogens (tertiary/aromatic N) is 2. The van der Waals surface area contributed by atoms with E-state index in [4.69, 9.17) is 4.74 Å². The standard InChI is InChI=1S/C13H16N2O3/c1-9(2)11-12(16)15(14(3)13(17)18-11)10-7-5-4-6-8-10/h4-9,11H,1-3H3. The van der Waals surface area contributed by atoms with Gasteiger partial charge in [-0.05, 0) is 18.1 Å². The molecular weight excluding hydrogens is 232 g/mol. The van der Waals surface area contributed by atoms with Crippen molar-refractivity contribution in [1.82, 2.24) is 5.01 Å². The Morgan fingerprint density at radius 3 is 2.33 bits per heavy atom. The third-order valence-corrected chi connectivity index (χ3v) is 2.85. The SMILES string of the molecule is CC(C)C1OC(=O)N(C)N(c2ccccc2)C1=O. The fraction of sp³-hybridized carbons (Fsp3) is 0.385. The van der Waals surface area contributed by atoms with E-state index in [1.54, 1.807) is 12.1 Å². The number of hydrogen-bond donors (Lipinski definition) is 0. The van der Waals surface area contributed by atoms with Crippen LogP contribution >= 0.6 is 0 Å². The fourth-order valence-electron chi connectivity index (χ4n) is 1.88. The molecule has 5 heteroatoms. The number of carbonyl (C=O) groups is 2. The molecule has 1 unspecified atom stereocenters. The van der Waals surface area contributed by atoms with Crippen LogP contribution in [0, 0.1) is 5.92 Å². The largest absolute Gasteiger partial charge is 0.434 e. The molecule has 0 saturated carbocycles. The van der Waals surface area contributed by atoms with E-state index < -0.39 is 12.2 Å². The van der Waals surface area contributed by atoms with E-state index in [0.29, 0.717) is 5.69 Å². The Morgan fingerprint density at radius 1 is 1.17 bits per heavy atom. The van der Waals surface area contributed by atoms with Crippen molar-refractivity contribution in [2.24, 2.45) is 5.92 Å². The van der Waals surface area contributed by atoms with Gasteiger partial charge in [0, 0.05) is 7.05 Å². The van der Waals surface area contributed by atoms with Crippen LogP contribution in [0.5, 0.6) is 0 Å². The molecule has 0 aromatic heterocycles. The molecule has 1 heterocycles. The average Bonchev–Trinajstić information content (AvgIpc) is 2.35. The minimum absolute atomic E-state index is 0.0543. The lowest BCUT2D eigenvalue weighted by Crippen LogP contribution is -2.59. The number of hydrazine groups is 1. The number of ether oxygens (including phenoxy) is 1. The first-order chi connectivity index (χ1) is 8.52. The summed E-state index contributed by atoms with van der Waals surface area (Å²) in [5, 5.41) is 2.55. The second kappa shape index (κ2) is 4.68. The van der Waals surface area contributed by atoms with Gasteiger partial charge in [-0.1, -0.05) is 32.0 Å².